The number of amides is 1. The number of benzene rings is 1. The molecule has 1 aromatic carbocycles. The third-order valence-corrected chi connectivity index (χ3v) is 5.26. The monoisotopic (exact) mass is 481 g/mol. The van der Waals surface area contributed by atoms with Crippen molar-refractivity contribution in [3.05, 3.63) is 89.8 Å². The molecule has 3 aromatic heterocycles. The molecular weight excluding hydrogens is 462 g/mol. The molecule has 0 aliphatic heterocycles. The van der Waals surface area contributed by atoms with Crippen LogP contribution in [0, 0.1) is 12.7 Å². The van der Waals surface area contributed by atoms with E-state index in [1.165, 1.54) is 12.1 Å². The Labute approximate surface area is 198 Å². The topological polar surface area (TPSA) is 79.8 Å². The Kier molecular flexibility index (Phi) is 6.46. The van der Waals surface area contributed by atoms with E-state index in [0.29, 0.717) is 34.3 Å². The van der Waals surface area contributed by atoms with Gasteiger partial charge in [-0.25, -0.2) is 9.37 Å². The second-order valence-electron chi connectivity index (χ2n) is 7.64. The van der Waals surface area contributed by atoms with Crippen LogP contribution in [0.15, 0.2) is 67.1 Å². The molecule has 6 nitrogen and oxygen atoms in total. The molecule has 10 heteroatoms. The van der Waals surface area contributed by atoms with Gasteiger partial charge in [-0.05, 0) is 72.1 Å². The van der Waals surface area contributed by atoms with Crippen LogP contribution in [0.5, 0.6) is 0 Å². The van der Waals surface area contributed by atoms with Gasteiger partial charge in [0.05, 0.1) is 11.4 Å². The van der Waals surface area contributed by atoms with Crippen molar-refractivity contribution in [1.29, 1.82) is 0 Å². The standard InChI is InChI=1S/C25H19F4N5O/c1-14-9-19(26)21(34-24(35)17-5-7-32-22(11-17)25(27,28)29)13-18(14)15-3-6-31-20(10-15)16-4-8-33-23(12-16)30-2/h3-13H,1-2H3,(H,30,33)(H,34,35). The number of alkyl halides is 3. The molecule has 1 amide bonds. The SMILES string of the molecule is CNc1cc(-c2cc(-c3cc(NC(=O)c4ccnc(C(F)(F)F)c4)c(F)cc3C)ccn2)ccn1. The second kappa shape index (κ2) is 9.49. The van der Waals surface area contributed by atoms with E-state index in [0.717, 1.165) is 17.8 Å². The van der Waals surface area contributed by atoms with E-state index in [-0.39, 0.29) is 11.3 Å². The Balaban J connectivity index is 1.67. The average Bonchev–Trinajstić information content (AvgIpc) is 2.85. The maximum absolute atomic E-state index is 14.7. The average molecular weight is 481 g/mol. The molecule has 4 aromatic rings. The maximum atomic E-state index is 14.7. The number of carbonyl (C=O) groups excluding carboxylic acids is 1. The number of aromatic nitrogens is 3. The molecule has 0 unspecified atom stereocenters. The van der Waals surface area contributed by atoms with E-state index in [4.69, 9.17) is 0 Å². The lowest BCUT2D eigenvalue weighted by Gasteiger charge is -2.13. The summed E-state index contributed by atoms with van der Waals surface area (Å²) in [5.74, 6) is -0.937. The molecule has 0 aliphatic carbocycles. The minimum Gasteiger partial charge on any atom is -0.373 e. The van der Waals surface area contributed by atoms with Crippen LogP contribution in [0.25, 0.3) is 22.4 Å². The summed E-state index contributed by atoms with van der Waals surface area (Å²) in [5.41, 5.74) is 1.75. The third-order valence-electron chi connectivity index (χ3n) is 5.26. The summed E-state index contributed by atoms with van der Waals surface area (Å²) in [6.45, 7) is 1.72. The van der Waals surface area contributed by atoms with Gasteiger partial charge in [-0.1, -0.05) is 0 Å². The van der Waals surface area contributed by atoms with Crippen molar-refractivity contribution in [3.63, 3.8) is 0 Å². The number of aryl methyl sites for hydroxylation is 1. The van der Waals surface area contributed by atoms with Crippen molar-refractivity contribution in [2.75, 3.05) is 17.7 Å². The van der Waals surface area contributed by atoms with Gasteiger partial charge in [0.25, 0.3) is 5.91 Å². The van der Waals surface area contributed by atoms with Gasteiger partial charge in [0.2, 0.25) is 0 Å². The van der Waals surface area contributed by atoms with Gasteiger partial charge in [0.15, 0.2) is 0 Å². The highest BCUT2D eigenvalue weighted by atomic mass is 19.4. The zero-order valence-corrected chi connectivity index (χ0v) is 18.6. The summed E-state index contributed by atoms with van der Waals surface area (Å²) in [7, 11) is 1.75. The lowest BCUT2D eigenvalue weighted by Crippen LogP contribution is -2.16. The summed E-state index contributed by atoms with van der Waals surface area (Å²) in [6, 6.07) is 11.6. The van der Waals surface area contributed by atoms with E-state index in [2.05, 4.69) is 25.6 Å². The van der Waals surface area contributed by atoms with E-state index in [9.17, 15) is 22.4 Å². The summed E-state index contributed by atoms with van der Waals surface area (Å²) < 4.78 is 53.5. The first-order valence-electron chi connectivity index (χ1n) is 10.4. The van der Waals surface area contributed by atoms with Gasteiger partial charge < -0.3 is 10.6 Å². The lowest BCUT2D eigenvalue weighted by atomic mass is 9.98. The number of anilines is 2. The summed E-state index contributed by atoms with van der Waals surface area (Å²) in [4.78, 5) is 24.4. The number of pyridine rings is 3. The largest absolute Gasteiger partial charge is 0.433 e. The van der Waals surface area contributed by atoms with Gasteiger partial charge >= 0.3 is 6.18 Å². The zero-order chi connectivity index (χ0) is 25.2. The van der Waals surface area contributed by atoms with Crippen molar-refractivity contribution < 1.29 is 22.4 Å². The lowest BCUT2D eigenvalue weighted by molar-refractivity contribution is -0.141. The minimum atomic E-state index is -4.71. The molecule has 178 valence electrons. The van der Waals surface area contributed by atoms with Crippen LogP contribution in [-0.2, 0) is 6.18 Å². The molecule has 0 saturated heterocycles. The van der Waals surface area contributed by atoms with Crippen LogP contribution in [0.3, 0.4) is 0 Å². The fourth-order valence-corrected chi connectivity index (χ4v) is 3.48. The Bertz CT molecular complexity index is 1400. The molecule has 0 atom stereocenters. The van der Waals surface area contributed by atoms with Crippen LogP contribution in [0.4, 0.5) is 29.1 Å². The highest BCUT2D eigenvalue weighted by Crippen LogP contribution is 2.32. The molecule has 0 radical (unpaired) electrons. The molecule has 0 fully saturated rings. The Hall–Kier alpha value is -4.34. The molecule has 4 rings (SSSR count). The predicted molar refractivity (Wildman–Crippen MR) is 124 cm³/mol. The molecule has 0 bridgehead atoms. The van der Waals surface area contributed by atoms with Crippen LogP contribution >= 0.6 is 0 Å². The van der Waals surface area contributed by atoms with E-state index in [1.54, 1.807) is 38.5 Å². The van der Waals surface area contributed by atoms with Crippen molar-refractivity contribution >= 4 is 17.4 Å². The summed E-state index contributed by atoms with van der Waals surface area (Å²) >= 11 is 0. The van der Waals surface area contributed by atoms with Crippen molar-refractivity contribution in [3.8, 4) is 22.4 Å². The first-order chi connectivity index (χ1) is 16.7. The van der Waals surface area contributed by atoms with Gasteiger partial charge in [0, 0.05) is 36.8 Å². The molecular formula is C25H19F4N5O. The number of nitrogens with one attached hydrogen (secondary N) is 2. The fraction of sp³-hybridized carbons (Fsp3) is 0.120. The number of hydrogen-bond donors (Lipinski definition) is 2. The van der Waals surface area contributed by atoms with Crippen molar-refractivity contribution in [1.82, 2.24) is 15.0 Å². The Morgan fingerprint density at radius 3 is 2.34 bits per heavy atom. The van der Waals surface area contributed by atoms with E-state index >= 15 is 0 Å². The number of halogens is 4. The third kappa shape index (κ3) is 5.26. The van der Waals surface area contributed by atoms with Crippen molar-refractivity contribution in [2.45, 2.75) is 13.1 Å². The fourth-order valence-electron chi connectivity index (χ4n) is 3.48. The van der Waals surface area contributed by atoms with Crippen LogP contribution in [0.2, 0.25) is 0 Å². The maximum Gasteiger partial charge on any atom is 0.433 e. The molecule has 2 N–H and O–H groups in total. The highest BCUT2D eigenvalue weighted by Gasteiger charge is 2.33. The molecule has 0 spiro atoms. The van der Waals surface area contributed by atoms with E-state index in [1.807, 2.05) is 12.1 Å². The predicted octanol–water partition coefficient (Wildman–Crippen LogP) is 5.97. The Morgan fingerprint density at radius 1 is 0.886 bits per heavy atom. The van der Waals surface area contributed by atoms with Gasteiger partial charge in [-0.3, -0.25) is 14.8 Å². The normalized spacial score (nSPS) is 11.3. The van der Waals surface area contributed by atoms with Crippen LogP contribution < -0.4 is 10.6 Å². The number of hydrogen-bond acceptors (Lipinski definition) is 5. The number of nitrogens with zero attached hydrogens (tertiary/aromatic N) is 3. The van der Waals surface area contributed by atoms with Gasteiger partial charge in [0.1, 0.15) is 17.3 Å². The van der Waals surface area contributed by atoms with Gasteiger partial charge in [-0.15, -0.1) is 0 Å². The first kappa shape index (κ1) is 23.8. The smallest absolute Gasteiger partial charge is 0.373 e. The van der Waals surface area contributed by atoms with Crippen LogP contribution in [0.1, 0.15) is 21.6 Å². The van der Waals surface area contributed by atoms with E-state index < -0.39 is 23.6 Å². The zero-order valence-electron chi connectivity index (χ0n) is 18.6. The molecule has 3 heterocycles. The molecule has 35 heavy (non-hydrogen) atoms. The van der Waals surface area contributed by atoms with Crippen LogP contribution in [-0.4, -0.2) is 27.9 Å². The number of rotatable bonds is 5. The quantitative estimate of drug-likeness (QED) is 0.344. The molecule has 0 aliphatic rings. The van der Waals surface area contributed by atoms with Gasteiger partial charge in [-0.2, -0.15) is 13.2 Å². The Morgan fingerprint density at radius 2 is 1.60 bits per heavy atom. The number of carbonyl (C=O) groups is 1. The first-order valence-corrected chi connectivity index (χ1v) is 10.4. The van der Waals surface area contributed by atoms with Crippen molar-refractivity contribution in [2.24, 2.45) is 0 Å². The highest BCUT2D eigenvalue weighted by molar-refractivity contribution is 6.04. The minimum absolute atomic E-state index is 0.166. The molecule has 0 saturated carbocycles. The second-order valence-corrected chi connectivity index (χ2v) is 7.64. The summed E-state index contributed by atoms with van der Waals surface area (Å²) in [5, 5.41) is 5.33. The summed E-state index contributed by atoms with van der Waals surface area (Å²) in [6.07, 6.45) is -0.567.